The molecule has 193 valence electrons. The normalized spacial score (nSPS) is 10.3. The van der Waals surface area contributed by atoms with Crippen LogP contribution in [0.25, 0.3) is 0 Å². The number of azo groups is 1. The van der Waals surface area contributed by atoms with E-state index in [-0.39, 0.29) is 44.7 Å². The Morgan fingerprint density at radius 1 is 0.946 bits per heavy atom. The Hall–Kier alpha value is -1.88. The molecule has 2 aromatic carbocycles. The van der Waals surface area contributed by atoms with Gasteiger partial charge in [0.05, 0.1) is 49.6 Å². The molecule has 37 heavy (non-hydrogen) atoms. The van der Waals surface area contributed by atoms with Gasteiger partial charge in [0.15, 0.2) is 0 Å². The van der Waals surface area contributed by atoms with Crippen molar-refractivity contribution in [2.75, 3.05) is 57.8 Å². The number of nitrogens with zero attached hydrogens (tertiary/aromatic N) is 6. The molecular formula is C23H27BCl2N7O3Y-. The van der Waals surface area contributed by atoms with Gasteiger partial charge in [-0.2, -0.15) is 5.11 Å². The molecule has 0 bridgehead atoms. The Bertz CT molecular complexity index is 1120. The number of ether oxygens (including phenoxy) is 3. The maximum absolute atomic E-state index is 6.09. The van der Waals surface area contributed by atoms with Crippen molar-refractivity contribution >= 4 is 59.7 Å². The molecule has 0 atom stereocenters. The van der Waals surface area contributed by atoms with Gasteiger partial charge in [0, 0.05) is 72.0 Å². The summed E-state index contributed by atoms with van der Waals surface area (Å²) in [6.07, 6.45) is 2.51. The van der Waals surface area contributed by atoms with Crippen LogP contribution in [-0.2, 0) is 42.2 Å². The van der Waals surface area contributed by atoms with Crippen LogP contribution >= 0.6 is 23.2 Å². The second kappa shape index (κ2) is 18.4. The van der Waals surface area contributed by atoms with E-state index in [1.54, 1.807) is 32.4 Å². The minimum atomic E-state index is 0. The standard InChI is InChI=1S/C22H24Cl2N7O3.CH3B.Y/c1-32-10-8-31(9-11-33-2)16-5-7-19(30-29-15-4-6-17(23)18(24)12-15)20(13-16)27-21-25-14-26-22(28-21)34-3;1-2;/h4-7,12-13H,8-11H2,1-3H3,(H,25,26,27,28);1H3;/q-1;;. The Kier molecular flexibility index (Phi) is 16.5. The zero-order valence-corrected chi connectivity index (χ0v) is 25.5. The van der Waals surface area contributed by atoms with Crippen molar-refractivity contribution in [1.29, 1.82) is 0 Å². The first-order valence-corrected chi connectivity index (χ1v) is 11.5. The van der Waals surface area contributed by atoms with Crippen LogP contribution in [-0.4, -0.2) is 70.4 Å². The molecule has 0 saturated carbocycles. The van der Waals surface area contributed by atoms with Gasteiger partial charge in [0.25, 0.3) is 0 Å². The molecule has 1 aromatic heterocycles. The summed E-state index contributed by atoms with van der Waals surface area (Å²) in [5.41, 5.74) is 2.65. The molecule has 0 aliphatic rings. The van der Waals surface area contributed by atoms with Gasteiger partial charge in [-0.05, 0) is 36.4 Å². The number of methoxy groups -OCH3 is 3. The molecule has 0 aliphatic heterocycles. The molecule has 0 unspecified atom stereocenters. The predicted octanol–water partition coefficient (Wildman–Crippen LogP) is 5.45. The van der Waals surface area contributed by atoms with Gasteiger partial charge in [-0.25, -0.2) is 0 Å². The second-order valence-corrected chi connectivity index (χ2v) is 7.66. The van der Waals surface area contributed by atoms with E-state index >= 15 is 0 Å². The third kappa shape index (κ3) is 10.8. The summed E-state index contributed by atoms with van der Waals surface area (Å²) in [5, 5.41) is 12.7. The van der Waals surface area contributed by atoms with Gasteiger partial charge >= 0.3 is 0 Å². The molecule has 3 radical (unpaired) electrons. The van der Waals surface area contributed by atoms with E-state index in [2.05, 4.69) is 49.6 Å². The SMILES string of the molecule is COCCN(CCOC)c1ccc(N=Nc2ccc(Cl)c(Cl)c2)c(Nc2n[c-]nc(OC)n2)c1.[B]C.[Y]. The van der Waals surface area contributed by atoms with Gasteiger partial charge in [-0.3, -0.25) is 4.98 Å². The van der Waals surface area contributed by atoms with Gasteiger partial charge in [-0.1, -0.05) is 30.0 Å². The molecule has 0 saturated heterocycles. The topological polar surface area (TPSA) is 106 Å². The molecule has 10 nitrogen and oxygen atoms in total. The minimum absolute atomic E-state index is 0. The first-order chi connectivity index (χ1) is 17.5. The second-order valence-electron chi connectivity index (χ2n) is 6.84. The van der Waals surface area contributed by atoms with Gasteiger partial charge in [-0.15, -0.1) is 5.11 Å². The summed E-state index contributed by atoms with van der Waals surface area (Å²) in [7, 11) is 9.30. The van der Waals surface area contributed by atoms with E-state index in [0.29, 0.717) is 53.4 Å². The molecule has 14 heteroatoms. The number of benzene rings is 2. The number of hydrogen-bond acceptors (Lipinski definition) is 10. The quantitative estimate of drug-likeness (QED) is 0.162. The summed E-state index contributed by atoms with van der Waals surface area (Å²) in [4.78, 5) is 14.2. The van der Waals surface area contributed by atoms with Crippen LogP contribution in [0.4, 0.5) is 28.7 Å². The minimum Gasteiger partial charge on any atom is -0.524 e. The van der Waals surface area contributed by atoms with Gasteiger partial charge in [0.1, 0.15) is 11.6 Å². The van der Waals surface area contributed by atoms with Gasteiger partial charge in [0.2, 0.25) is 6.01 Å². The zero-order valence-electron chi connectivity index (χ0n) is 21.1. The van der Waals surface area contributed by atoms with Crippen LogP contribution in [0.1, 0.15) is 0 Å². The summed E-state index contributed by atoms with van der Waals surface area (Å²) >= 11 is 12.1. The maximum atomic E-state index is 6.09. The summed E-state index contributed by atoms with van der Waals surface area (Å²) in [5.74, 6) is 0.246. The molecule has 1 N–H and O–H groups in total. The largest absolute Gasteiger partial charge is 0.524 e. The number of aromatic nitrogens is 3. The van der Waals surface area contributed by atoms with Crippen LogP contribution in [0.15, 0.2) is 46.6 Å². The number of hydrogen-bond donors (Lipinski definition) is 1. The van der Waals surface area contributed by atoms with Crippen LogP contribution in [0.5, 0.6) is 6.01 Å². The fourth-order valence-electron chi connectivity index (χ4n) is 2.86. The molecule has 0 amide bonds. The van der Waals surface area contributed by atoms with Crippen molar-refractivity contribution in [3.8, 4) is 6.01 Å². The molecule has 0 spiro atoms. The number of nitrogens with one attached hydrogen (secondary N) is 1. The molecular weight excluding hydrogens is 593 g/mol. The molecule has 3 rings (SSSR count). The average molecular weight is 620 g/mol. The van der Waals surface area contributed by atoms with Crippen LogP contribution in [0, 0.1) is 6.33 Å². The fourth-order valence-corrected chi connectivity index (χ4v) is 3.16. The Balaban J connectivity index is 0.00000223. The number of rotatable bonds is 12. The van der Waals surface area contributed by atoms with E-state index in [0.717, 1.165) is 5.69 Å². The van der Waals surface area contributed by atoms with Crippen molar-refractivity contribution < 1.29 is 46.9 Å². The van der Waals surface area contributed by atoms with Crippen molar-refractivity contribution in [2.45, 2.75) is 6.82 Å². The summed E-state index contributed by atoms with van der Waals surface area (Å²) in [6.45, 7) is 3.98. The number of halogens is 2. The first kappa shape index (κ1) is 33.1. The average Bonchev–Trinajstić information content (AvgIpc) is 2.91. The smallest absolute Gasteiger partial charge is 0.201 e. The third-order valence-electron chi connectivity index (χ3n) is 4.58. The van der Waals surface area contributed by atoms with E-state index in [1.807, 2.05) is 18.2 Å². The van der Waals surface area contributed by atoms with Crippen molar-refractivity contribution in [2.24, 2.45) is 10.2 Å². The zero-order chi connectivity index (χ0) is 26.3. The van der Waals surface area contributed by atoms with Crippen molar-refractivity contribution in [1.82, 2.24) is 15.0 Å². The van der Waals surface area contributed by atoms with E-state index < -0.39 is 0 Å². The number of anilines is 3. The maximum Gasteiger partial charge on any atom is 0.201 e. The summed E-state index contributed by atoms with van der Waals surface area (Å²) in [6, 6.07) is 10.9. The predicted molar refractivity (Wildman–Crippen MR) is 143 cm³/mol. The molecule has 0 fully saturated rings. The molecule has 0 aliphatic carbocycles. The third-order valence-corrected chi connectivity index (χ3v) is 5.32. The van der Waals surface area contributed by atoms with Crippen molar-refractivity contribution in [3.05, 3.63) is 52.8 Å². The van der Waals surface area contributed by atoms with E-state index in [9.17, 15) is 0 Å². The fraction of sp³-hybridized carbons (Fsp3) is 0.348. The Morgan fingerprint density at radius 3 is 2.27 bits per heavy atom. The van der Waals surface area contributed by atoms with Gasteiger partial charge < -0.3 is 34.4 Å². The Labute approximate surface area is 253 Å². The first-order valence-electron chi connectivity index (χ1n) is 10.8. The van der Waals surface area contributed by atoms with Crippen LogP contribution < -0.4 is 15.0 Å². The summed E-state index contributed by atoms with van der Waals surface area (Å²) < 4.78 is 15.6. The monoisotopic (exact) mass is 619 g/mol. The van der Waals surface area contributed by atoms with E-state index in [1.165, 1.54) is 13.9 Å². The van der Waals surface area contributed by atoms with Crippen molar-refractivity contribution in [3.63, 3.8) is 0 Å². The van der Waals surface area contributed by atoms with Crippen LogP contribution in [0.3, 0.4) is 0 Å². The van der Waals surface area contributed by atoms with Crippen LogP contribution in [0.2, 0.25) is 16.9 Å². The molecule has 1 heterocycles. The van der Waals surface area contributed by atoms with E-state index in [4.69, 9.17) is 37.4 Å². The Morgan fingerprint density at radius 2 is 1.65 bits per heavy atom. The molecule has 3 aromatic rings.